The Kier molecular flexibility index (Phi) is 20.5. The van der Waals surface area contributed by atoms with Crippen LogP contribution in [0.2, 0.25) is 0 Å². The number of benzene rings is 1. The number of aromatic nitrogens is 1. The van der Waals surface area contributed by atoms with Crippen molar-refractivity contribution in [2.75, 3.05) is 0 Å². The zero-order chi connectivity index (χ0) is 6.10. The van der Waals surface area contributed by atoms with E-state index < -0.39 is 0 Å². The summed E-state index contributed by atoms with van der Waals surface area (Å²) >= 11 is 0. The molecule has 1 aromatic heterocycles. The van der Waals surface area contributed by atoms with E-state index in [0.717, 1.165) is 0 Å². The number of fused-ring (bicyclic) bond motifs is 1. The molecule has 0 radical (unpaired) electrons. The van der Waals surface area contributed by atoms with Crippen molar-refractivity contribution in [3.05, 3.63) is 36.5 Å². The quantitative estimate of drug-likeness (QED) is 0.472. The zero-order valence-corrected chi connectivity index (χ0v) is 13.1. The molecule has 0 saturated carbocycles. The van der Waals surface area contributed by atoms with Crippen molar-refractivity contribution in [3.63, 3.8) is 0 Å². The van der Waals surface area contributed by atoms with Crippen molar-refractivity contribution in [3.8, 4) is 0 Å². The number of halogens is 3. The number of para-hydroxylation sites is 1. The van der Waals surface area contributed by atoms with E-state index in [1.54, 1.807) is 0 Å². The van der Waals surface area contributed by atoms with Gasteiger partial charge in [0.25, 0.3) is 0 Å². The Bertz CT molecular complexity index is 299. The minimum absolute atomic E-state index is 0. The molecule has 14 heavy (non-hydrogen) atoms. The summed E-state index contributed by atoms with van der Waals surface area (Å²) in [4.78, 5) is 3.12. The summed E-state index contributed by atoms with van der Waals surface area (Å²) in [5.41, 5.74) is 1.21. The molecule has 0 spiro atoms. The number of H-pyrrole nitrogens is 1. The van der Waals surface area contributed by atoms with Crippen LogP contribution in [-0.2, 0) is 0 Å². The Hall–Kier alpha value is 0.785. The van der Waals surface area contributed by atoms with E-state index in [1.807, 2.05) is 18.3 Å². The fraction of sp³-hybridized carbons (Fsp3) is 0. The first-order valence-electron chi connectivity index (χ1n) is 2.99. The largest absolute Gasteiger partial charge is 3.00 e. The van der Waals surface area contributed by atoms with Crippen LogP contribution in [0.4, 0.5) is 0 Å². The Labute approximate surface area is 129 Å². The summed E-state index contributed by atoms with van der Waals surface area (Å²) in [6.07, 6.45) is 1.95. The van der Waals surface area contributed by atoms with Crippen LogP contribution in [0.25, 0.3) is 10.9 Å². The first kappa shape index (κ1) is 24.2. The van der Waals surface area contributed by atoms with Crippen molar-refractivity contribution >= 4 is 10.9 Å². The van der Waals surface area contributed by atoms with Crippen molar-refractivity contribution in [2.45, 2.75) is 0 Å². The first-order chi connectivity index (χ1) is 4.47. The van der Waals surface area contributed by atoms with E-state index in [-0.39, 0.29) is 78.3 Å². The van der Waals surface area contributed by atoms with E-state index in [0.29, 0.717) is 0 Å². The molecule has 0 bridgehead atoms. The molecule has 0 amide bonds. The molecular formula is C8H9Cl3LaNO. The van der Waals surface area contributed by atoms with Crippen molar-refractivity contribution in [1.82, 2.24) is 4.98 Å². The SMILES string of the molecule is O.[Cl-].[Cl-].[Cl-].[La+3].c1ccc2[nH]ccc2c1. The molecule has 6 heteroatoms. The van der Waals surface area contributed by atoms with Crippen LogP contribution in [0, 0.1) is 35.6 Å². The van der Waals surface area contributed by atoms with E-state index in [2.05, 4.69) is 23.2 Å². The molecule has 76 valence electrons. The molecule has 1 aromatic carbocycles. The molecule has 0 aliphatic rings. The number of nitrogens with one attached hydrogen (secondary N) is 1. The van der Waals surface area contributed by atoms with Gasteiger partial charge in [0.1, 0.15) is 0 Å². The monoisotopic (exact) mass is 379 g/mol. The predicted molar refractivity (Wildman–Crippen MR) is 41.9 cm³/mol. The van der Waals surface area contributed by atoms with Crippen LogP contribution in [-0.4, -0.2) is 10.5 Å². The Balaban J connectivity index is -0.0000001000. The summed E-state index contributed by atoms with van der Waals surface area (Å²) in [7, 11) is 0. The molecule has 0 aliphatic heterocycles. The van der Waals surface area contributed by atoms with E-state index in [9.17, 15) is 0 Å². The second-order valence-corrected chi connectivity index (χ2v) is 2.06. The van der Waals surface area contributed by atoms with Crippen LogP contribution in [0.3, 0.4) is 0 Å². The maximum Gasteiger partial charge on any atom is 3.00 e. The van der Waals surface area contributed by atoms with Crippen LogP contribution in [0.15, 0.2) is 36.5 Å². The van der Waals surface area contributed by atoms with Crippen molar-refractivity contribution in [2.24, 2.45) is 0 Å². The van der Waals surface area contributed by atoms with Crippen LogP contribution in [0.1, 0.15) is 0 Å². The minimum Gasteiger partial charge on any atom is -1.00 e. The smallest absolute Gasteiger partial charge is 1.00 e. The molecule has 2 aromatic rings. The maximum atomic E-state index is 3.12. The third kappa shape index (κ3) is 5.61. The zero-order valence-electron chi connectivity index (χ0n) is 7.18. The summed E-state index contributed by atoms with van der Waals surface area (Å²) in [5, 5.41) is 1.28. The number of rotatable bonds is 0. The number of hydrogen-bond acceptors (Lipinski definition) is 0. The minimum atomic E-state index is 0. The molecule has 0 saturated heterocycles. The second-order valence-electron chi connectivity index (χ2n) is 2.06. The molecule has 2 nitrogen and oxygen atoms in total. The van der Waals surface area contributed by atoms with Gasteiger partial charge in [-0.25, -0.2) is 0 Å². The fourth-order valence-corrected chi connectivity index (χ4v) is 0.995. The third-order valence-electron chi connectivity index (χ3n) is 1.46. The van der Waals surface area contributed by atoms with Gasteiger partial charge in [0, 0.05) is 11.7 Å². The molecule has 3 N–H and O–H groups in total. The van der Waals surface area contributed by atoms with Gasteiger partial charge in [-0.3, -0.25) is 0 Å². The number of hydrogen-bond donors (Lipinski definition) is 1. The normalized spacial score (nSPS) is 6.57. The summed E-state index contributed by atoms with van der Waals surface area (Å²) in [6.45, 7) is 0. The predicted octanol–water partition coefficient (Wildman–Crippen LogP) is -7.64. The molecule has 0 fully saturated rings. The Morgan fingerprint density at radius 1 is 0.857 bits per heavy atom. The maximum absolute atomic E-state index is 3.12. The Morgan fingerprint density at radius 3 is 2.00 bits per heavy atom. The third-order valence-corrected chi connectivity index (χ3v) is 1.46. The van der Waals surface area contributed by atoms with E-state index in [4.69, 9.17) is 0 Å². The first-order valence-corrected chi connectivity index (χ1v) is 2.99. The van der Waals surface area contributed by atoms with Gasteiger partial charge < -0.3 is 47.7 Å². The molecular weight excluding hydrogens is 371 g/mol. The van der Waals surface area contributed by atoms with Gasteiger partial charge in [0.15, 0.2) is 0 Å². The van der Waals surface area contributed by atoms with Crippen LogP contribution in [0.5, 0.6) is 0 Å². The topological polar surface area (TPSA) is 47.3 Å². The summed E-state index contributed by atoms with van der Waals surface area (Å²) in [5.74, 6) is 0. The van der Waals surface area contributed by atoms with Gasteiger partial charge in [0.05, 0.1) is 0 Å². The van der Waals surface area contributed by atoms with Crippen LogP contribution < -0.4 is 37.2 Å². The van der Waals surface area contributed by atoms with Gasteiger partial charge in [-0.15, -0.1) is 0 Å². The fourth-order valence-electron chi connectivity index (χ4n) is 0.995. The second kappa shape index (κ2) is 11.9. The standard InChI is InChI=1S/C8H7N.3ClH.La.H2O/c1-2-4-8-7(3-1)5-6-9-8;;;;;/h1-6,9H;3*1H;;1H2/q;;;;+3;/p-3. The van der Waals surface area contributed by atoms with Gasteiger partial charge in [0.2, 0.25) is 0 Å². The van der Waals surface area contributed by atoms with Crippen molar-refractivity contribution < 1.29 is 78.3 Å². The van der Waals surface area contributed by atoms with Gasteiger partial charge >= 0.3 is 35.6 Å². The summed E-state index contributed by atoms with van der Waals surface area (Å²) in [6, 6.07) is 10.3. The average molecular weight is 380 g/mol. The van der Waals surface area contributed by atoms with E-state index >= 15 is 0 Å². The van der Waals surface area contributed by atoms with Gasteiger partial charge in [-0.05, 0) is 17.5 Å². The molecule has 2 rings (SSSR count). The summed E-state index contributed by atoms with van der Waals surface area (Å²) < 4.78 is 0. The molecule has 0 aliphatic carbocycles. The number of aromatic amines is 1. The van der Waals surface area contributed by atoms with Gasteiger partial charge in [-0.2, -0.15) is 0 Å². The van der Waals surface area contributed by atoms with Gasteiger partial charge in [-0.1, -0.05) is 18.2 Å². The molecule has 1 heterocycles. The van der Waals surface area contributed by atoms with Crippen molar-refractivity contribution in [1.29, 1.82) is 0 Å². The molecule has 0 atom stereocenters. The Morgan fingerprint density at radius 2 is 1.43 bits per heavy atom. The van der Waals surface area contributed by atoms with Crippen LogP contribution >= 0.6 is 0 Å². The molecule has 0 unspecified atom stereocenters. The van der Waals surface area contributed by atoms with E-state index in [1.165, 1.54) is 10.9 Å². The average Bonchev–Trinajstić information content (AvgIpc) is 2.33.